The van der Waals surface area contributed by atoms with Crippen molar-refractivity contribution in [2.75, 3.05) is 18.5 Å². The van der Waals surface area contributed by atoms with Gasteiger partial charge in [-0.05, 0) is 62.6 Å². The molecule has 31 heavy (non-hydrogen) atoms. The van der Waals surface area contributed by atoms with E-state index in [-0.39, 0.29) is 12.6 Å². The number of benzene rings is 1. The Morgan fingerprint density at radius 2 is 2.16 bits per heavy atom. The van der Waals surface area contributed by atoms with Crippen LogP contribution >= 0.6 is 0 Å². The molecule has 1 aliphatic heterocycles. The maximum atomic E-state index is 9.71. The Balaban J connectivity index is 1.50. The topological polar surface area (TPSA) is 83.4 Å². The van der Waals surface area contributed by atoms with E-state index in [1.165, 1.54) is 0 Å². The summed E-state index contributed by atoms with van der Waals surface area (Å²) in [5, 5.41) is 13.0. The summed E-state index contributed by atoms with van der Waals surface area (Å²) in [6.45, 7) is 6.32. The number of aliphatic hydroxyl groups excluding tert-OH is 1. The highest BCUT2D eigenvalue weighted by Gasteiger charge is 2.28. The lowest BCUT2D eigenvalue weighted by Crippen LogP contribution is -2.24. The third kappa shape index (κ3) is 5.00. The van der Waals surface area contributed by atoms with Crippen LogP contribution < -0.4 is 10.1 Å². The van der Waals surface area contributed by atoms with E-state index in [1.807, 2.05) is 44.3 Å². The highest BCUT2D eigenvalue weighted by Crippen LogP contribution is 2.33. The highest BCUT2D eigenvalue weighted by atomic mass is 16.5. The van der Waals surface area contributed by atoms with Crippen molar-refractivity contribution in [1.29, 1.82) is 0 Å². The second kappa shape index (κ2) is 9.85. The minimum Gasteiger partial charge on any atom is -0.494 e. The molecule has 0 unspecified atom stereocenters. The highest BCUT2D eigenvalue weighted by molar-refractivity contribution is 5.54. The number of rotatable bonds is 8. The molecule has 7 heteroatoms. The molecular formula is C24H29N5O2. The summed E-state index contributed by atoms with van der Waals surface area (Å²) < 4.78 is 5.61. The summed E-state index contributed by atoms with van der Waals surface area (Å²) in [6, 6.07) is 10.2. The van der Waals surface area contributed by atoms with Gasteiger partial charge in [0.2, 0.25) is 0 Å². The van der Waals surface area contributed by atoms with Crippen molar-refractivity contribution in [3.8, 4) is 5.75 Å². The SMILES string of the molecule is CCOc1ccc(CN2CCC[C@H]2c2cncc(Nc3ncccc3C)n2)cc1CO. The maximum absolute atomic E-state index is 9.71. The first-order valence-electron chi connectivity index (χ1n) is 10.8. The van der Waals surface area contributed by atoms with E-state index in [0.717, 1.165) is 59.9 Å². The average molecular weight is 420 g/mol. The molecule has 1 aromatic carbocycles. The molecule has 2 N–H and O–H groups in total. The number of ether oxygens (including phenoxy) is 1. The smallest absolute Gasteiger partial charge is 0.150 e. The van der Waals surface area contributed by atoms with E-state index < -0.39 is 0 Å². The second-order valence-electron chi connectivity index (χ2n) is 7.78. The monoisotopic (exact) mass is 419 g/mol. The molecular weight excluding hydrogens is 390 g/mol. The summed E-state index contributed by atoms with van der Waals surface area (Å²) in [5.74, 6) is 2.25. The predicted octanol–water partition coefficient (Wildman–Crippen LogP) is 4.15. The molecule has 162 valence electrons. The Bertz CT molecular complexity index is 1030. The molecule has 1 saturated heterocycles. The van der Waals surface area contributed by atoms with Crippen LogP contribution in [0.5, 0.6) is 5.75 Å². The number of aryl methyl sites for hydroxylation is 1. The van der Waals surface area contributed by atoms with Gasteiger partial charge in [0.1, 0.15) is 17.4 Å². The normalized spacial score (nSPS) is 16.4. The van der Waals surface area contributed by atoms with Crippen LogP contribution in [0, 0.1) is 6.92 Å². The summed E-state index contributed by atoms with van der Waals surface area (Å²) in [7, 11) is 0. The molecule has 0 radical (unpaired) electrons. The number of nitrogens with zero attached hydrogens (tertiary/aromatic N) is 4. The molecule has 0 aliphatic carbocycles. The minimum absolute atomic E-state index is 0.0290. The average Bonchev–Trinajstić information content (AvgIpc) is 3.25. The first-order valence-corrected chi connectivity index (χ1v) is 10.8. The fourth-order valence-electron chi connectivity index (χ4n) is 4.08. The van der Waals surface area contributed by atoms with Gasteiger partial charge in [-0.25, -0.2) is 9.97 Å². The van der Waals surface area contributed by atoms with Crippen LogP contribution in [0.2, 0.25) is 0 Å². The number of nitrogens with one attached hydrogen (secondary N) is 1. The van der Waals surface area contributed by atoms with E-state index in [1.54, 1.807) is 12.4 Å². The van der Waals surface area contributed by atoms with Gasteiger partial charge in [0.05, 0.1) is 37.3 Å². The molecule has 4 rings (SSSR count). The Labute approximate surface area is 183 Å². The van der Waals surface area contributed by atoms with E-state index in [4.69, 9.17) is 9.72 Å². The third-order valence-corrected chi connectivity index (χ3v) is 5.59. The molecule has 7 nitrogen and oxygen atoms in total. The van der Waals surface area contributed by atoms with Crippen molar-refractivity contribution in [1.82, 2.24) is 19.9 Å². The minimum atomic E-state index is -0.0290. The Hall–Kier alpha value is -3.03. The first kappa shape index (κ1) is 21.2. The predicted molar refractivity (Wildman–Crippen MR) is 120 cm³/mol. The van der Waals surface area contributed by atoms with Gasteiger partial charge < -0.3 is 15.2 Å². The zero-order chi connectivity index (χ0) is 21.6. The van der Waals surface area contributed by atoms with Crippen molar-refractivity contribution >= 4 is 11.6 Å². The maximum Gasteiger partial charge on any atom is 0.150 e. The molecule has 2 aromatic heterocycles. The molecule has 3 heterocycles. The number of aliphatic hydroxyl groups is 1. The molecule has 1 atom stereocenters. The van der Waals surface area contributed by atoms with Crippen molar-refractivity contribution < 1.29 is 9.84 Å². The third-order valence-electron chi connectivity index (χ3n) is 5.59. The zero-order valence-electron chi connectivity index (χ0n) is 18.1. The number of hydrogen-bond acceptors (Lipinski definition) is 7. The molecule has 3 aromatic rings. The van der Waals surface area contributed by atoms with Gasteiger partial charge in [-0.15, -0.1) is 0 Å². The summed E-state index contributed by atoms with van der Waals surface area (Å²) in [5.41, 5.74) is 4.01. The largest absolute Gasteiger partial charge is 0.494 e. The quantitative estimate of drug-likeness (QED) is 0.567. The second-order valence-corrected chi connectivity index (χ2v) is 7.78. The van der Waals surface area contributed by atoms with Crippen LogP contribution in [-0.4, -0.2) is 38.1 Å². The van der Waals surface area contributed by atoms with Crippen LogP contribution in [-0.2, 0) is 13.2 Å². The Kier molecular flexibility index (Phi) is 6.74. The lowest BCUT2D eigenvalue weighted by Gasteiger charge is -2.24. The zero-order valence-corrected chi connectivity index (χ0v) is 18.1. The number of anilines is 2. The van der Waals surface area contributed by atoms with Gasteiger partial charge in [0.25, 0.3) is 0 Å². The van der Waals surface area contributed by atoms with Gasteiger partial charge >= 0.3 is 0 Å². The van der Waals surface area contributed by atoms with Gasteiger partial charge in [-0.1, -0.05) is 12.1 Å². The number of likely N-dealkylation sites (tertiary alicyclic amines) is 1. The fraction of sp³-hybridized carbons (Fsp3) is 0.375. The van der Waals surface area contributed by atoms with Gasteiger partial charge in [0, 0.05) is 18.3 Å². The van der Waals surface area contributed by atoms with Crippen LogP contribution in [0.4, 0.5) is 11.6 Å². The van der Waals surface area contributed by atoms with Crippen LogP contribution in [0.3, 0.4) is 0 Å². The van der Waals surface area contributed by atoms with Crippen LogP contribution in [0.1, 0.15) is 48.2 Å². The van der Waals surface area contributed by atoms with Crippen molar-refractivity contribution in [3.63, 3.8) is 0 Å². The van der Waals surface area contributed by atoms with Gasteiger partial charge in [-0.2, -0.15) is 0 Å². The fourth-order valence-corrected chi connectivity index (χ4v) is 4.08. The van der Waals surface area contributed by atoms with Crippen molar-refractivity contribution in [3.05, 3.63) is 71.3 Å². The Morgan fingerprint density at radius 3 is 2.97 bits per heavy atom. The molecule has 1 fully saturated rings. The molecule has 0 amide bonds. The van der Waals surface area contributed by atoms with Crippen molar-refractivity contribution in [2.24, 2.45) is 0 Å². The molecule has 0 spiro atoms. The molecule has 0 bridgehead atoms. The first-order chi connectivity index (χ1) is 15.2. The standard InChI is InChI=1S/C24H29N5O2/c1-3-31-22-9-8-18(12-19(22)16-30)15-29-11-5-7-21(29)20-13-25-14-23(27-20)28-24-17(2)6-4-10-26-24/h4,6,8-10,12-14,21,30H,3,5,7,11,15-16H2,1-2H3,(H,26,27,28)/t21-/m0/s1. The molecule has 0 saturated carbocycles. The number of pyridine rings is 1. The van der Waals surface area contributed by atoms with Crippen molar-refractivity contribution in [2.45, 2.75) is 45.9 Å². The summed E-state index contributed by atoms with van der Waals surface area (Å²) in [4.78, 5) is 16.1. The lowest BCUT2D eigenvalue weighted by atomic mass is 10.1. The van der Waals surface area contributed by atoms with E-state index >= 15 is 0 Å². The summed E-state index contributed by atoms with van der Waals surface area (Å²) >= 11 is 0. The number of hydrogen-bond donors (Lipinski definition) is 2. The number of aromatic nitrogens is 3. The van der Waals surface area contributed by atoms with Crippen LogP contribution in [0.25, 0.3) is 0 Å². The van der Waals surface area contributed by atoms with Gasteiger partial charge in [-0.3, -0.25) is 9.88 Å². The molecule has 1 aliphatic rings. The Morgan fingerprint density at radius 1 is 1.26 bits per heavy atom. The van der Waals surface area contributed by atoms with Gasteiger partial charge in [0.15, 0.2) is 0 Å². The summed E-state index contributed by atoms with van der Waals surface area (Å²) in [6.07, 6.45) is 7.52. The van der Waals surface area contributed by atoms with E-state index in [9.17, 15) is 5.11 Å². The lowest BCUT2D eigenvalue weighted by molar-refractivity contribution is 0.242. The van der Waals surface area contributed by atoms with E-state index in [2.05, 4.69) is 26.3 Å². The van der Waals surface area contributed by atoms with E-state index in [0.29, 0.717) is 12.4 Å². The van der Waals surface area contributed by atoms with Crippen LogP contribution in [0.15, 0.2) is 48.9 Å².